The van der Waals surface area contributed by atoms with Gasteiger partial charge in [0.2, 0.25) is 11.8 Å². The summed E-state index contributed by atoms with van der Waals surface area (Å²) in [5.41, 5.74) is 0.957. The van der Waals surface area contributed by atoms with Crippen LogP contribution in [0.2, 0.25) is 0 Å². The number of anilines is 1. The van der Waals surface area contributed by atoms with Gasteiger partial charge in [0, 0.05) is 57.4 Å². The van der Waals surface area contributed by atoms with E-state index in [1.807, 2.05) is 17.0 Å². The van der Waals surface area contributed by atoms with Gasteiger partial charge in [0.1, 0.15) is 0 Å². The highest BCUT2D eigenvalue weighted by atomic mass is 16.5. The number of rotatable bonds is 6. The molecule has 2 fully saturated rings. The normalized spacial score (nSPS) is 16.9. The van der Waals surface area contributed by atoms with Crippen LogP contribution >= 0.6 is 0 Å². The van der Waals surface area contributed by atoms with E-state index >= 15 is 0 Å². The van der Waals surface area contributed by atoms with Crippen LogP contribution in [0.15, 0.2) is 36.8 Å². The number of amides is 2. The number of carbonyl (C=O) groups excluding carboxylic acids is 1. The molecule has 27 heavy (non-hydrogen) atoms. The molecule has 2 aliphatic rings. The lowest BCUT2D eigenvalue weighted by molar-refractivity contribution is 0.193. The molecule has 0 aromatic carbocycles. The van der Waals surface area contributed by atoms with E-state index in [1.165, 1.54) is 12.8 Å². The Kier molecular flexibility index (Phi) is 5.32. The van der Waals surface area contributed by atoms with Crippen LogP contribution in [-0.2, 0) is 6.54 Å². The van der Waals surface area contributed by atoms with Gasteiger partial charge >= 0.3 is 6.03 Å². The lowest BCUT2D eigenvalue weighted by atomic mass is 10.3. The summed E-state index contributed by atoms with van der Waals surface area (Å²) < 4.78 is 5.63. The number of hydrogen-bond acceptors (Lipinski definition) is 6. The molecule has 1 saturated heterocycles. The number of pyridine rings is 1. The minimum atomic E-state index is -0.0577. The third-order valence-corrected chi connectivity index (χ3v) is 4.81. The molecule has 4 rings (SSSR count). The molecule has 8 nitrogen and oxygen atoms in total. The van der Waals surface area contributed by atoms with Crippen molar-refractivity contribution in [2.45, 2.75) is 19.4 Å². The number of aromatic nitrogens is 3. The van der Waals surface area contributed by atoms with E-state index in [9.17, 15) is 4.79 Å². The summed E-state index contributed by atoms with van der Waals surface area (Å²) in [4.78, 5) is 29.1. The molecular formula is C19H24N6O2. The Hall–Kier alpha value is -2.90. The molecular weight excluding hydrogens is 344 g/mol. The SMILES string of the molecule is O=C(NCc1ccc(OCC2CC2)nc1)N1CCN(c2ncccn2)CC1. The number of carbonyl (C=O) groups is 1. The fourth-order valence-corrected chi connectivity index (χ4v) is 2.94. The quantitative estimate of drug-likeness (QED) is 0.835. The Balaban J connectivity index is 1.20. The van der Waals surface area contributed by atoms with Gasteiger partial charge in [0.05, 0.1) is 6.61 Å². The van der Waals surface area contributed by atoms with E-state index in [4.69, 9.17) is 4.74 Å². The van der Waals surface area contributed by atoms with Crippen molar-refractivity contribution < 1.29 is 9.53 Å². The molecule has 8 heteroatoms. The largest absolute Gasteiger partial charge is 0.477 e. The first-order valence-corrected chi connectivity index (χ1v) is 9.40. The highest BCUT2D eigenvalue weighted by molar-refractivity contribution is 5.74. The molecule has 1 aliphatic heterocycles. The summed E-state index contributed by atoms with van der Waals surface area (Å²) in [6, 6.07) is 5.55. The first-order valence-electron chi connectivity index (χ1n) is 9.40. The van der Waals surface area contributed by atoms with Crippen LogP contribution in [0, 0.1) is 5.92 Å². The Morgan fingerprint density at radius 1 is 1.11 bits per heavy atom. The molecule has 0 atom stereocenters. The zero-order valence-electron chi connectivity index (χ0n) is 15.3. The fraction of sp³-hybridized carbons (Fsp3) is 0.474. The molecule has 3 heterocycles. The third-order valence-electron chi connectivity index (χ3n) is 4.81. The van der Waals surface area contributed by atoms with E-state index in [2.05, 4.69) is 25.2 Å². The average molecular weight is 368 g/mol. The van der Waals surface area contributed by atoms with Gasteiger partial charge in [-0.15, -0.1) is 0 Å². The van der Waals surface area contributed by atoms with Gasteiger partial charge in [-0.3, -0.25) is 0 Å². The van der Waals surface area contributed by atoms with Gasteiger partial charge < -0.3 is 19.9 Å². The first-order chi connectivity index (χ1) is 13.3. The minimum absolute atomic E-state index is 0.0577. The molecule has 0 spiro atoms. The summed E-state index contributed by atoms with van der Waals surface area (Å²) in [6.07, 6.45) is 7.75. The van der Waals surface area contributed by atoms with Gasteiger partial charge in [0.25, 0.3) is 0 Å². The maximum Gasteiger partial charge on any atom is 0.317 e. The predicted octanol–water partition coefficient (Wildman–Crippen LogP) is 1.69. The maximum absolute atomic E-state index is 12.4. The fourth-order valence-electron chi connectivity index (χ4n) is 2.94. The van der Waals surface area contributed by atoms with Crippen molar-refractivity contribution in [3.63, 3.8) is 0 Å². The van der Waals surface area contributed by atoms with Crippen LogP contribution < -0.4 is 15.0 Å². The average Bonchev–Trinajstić information content (AvgIpc) is 3.56. The van der Waals surface area contributed by atoms with E-state index < -0.39 is 0 Å². The van der Waals surface area contributed by atoms with Crippen molar-refractivity contribution >= 4 is 12.0 Å². The molecule has 0 unspecified atom stereocenters. The van der Waals surface area contributed by atoms with E-state index in [1.54, 1.807) is 24.7 Å². The highest BCUT2D eigenvalue weighted by Gasteiger charge is 2.23. The number of urea groups is 1. The molecule has 1 saturated carbocycles. The van der Waals surface area contributed by atoms with Crippen LogP contribution in [0.1, 0.15) is 18.4 Å². The van der Waals surface area contributed by atoms with Crippen LogP contribution in [0.5, 0.6) is 5.88 Å². The molecule has 0 bridgehead atoms. The van der Waals surface area contributed by atoms with Crippen molar-refractivity contribution in [2.75, 3.05) is 37.7 Å². The molecule has 2 amide bonds. The van der Waals surface area contributed by atoms with Gasteiger partial charge in [-0.2, -0.15) is 0 Å². The van der Waals surface area contributed by atoms with Crippen molar-refractivity contribution in [1.29, 1.82) is 0 Å². The number of nitrogens with one attached hydrogen (secondary N) is 1. The third kappa shape index (κ3) is 4.84. The van der Waals surface area contributed by atoms with Crippen molar-refractivity contribution in [2.24, 2.45) is 5.92 Å². The van der Waals surface area contributed by atoms with Gasteiger partial charge in [-0.05, 0) is 30.4 Å². The summed E-state index contributed by atoms with van der Waals surface area (Å²) in [5.74, 6) is 2.07. The second-order valence-electron chi connectivity index (χ2n) is 6.94. The van der Waals surface area contributed by atoms with Crippen LogP contribution in [-0.4, -0.2) is 58.7 Å². The summed E-state index contributed by atoms with van der Waals surface area (Å²) in [6.45, 7) is 3.96. The van der Waals surface area contributed by atoms with Crippen molar-refractivity contribution in [3.8, 4) is 5.88 Å². The lowest BCUT2D eigenvalue weighted by Crippen LogP contribution is -2.52. The zero-order chi connectivity index (χ0) is 18.5. The molecule has 0 radical (unpaired) electrons. The van der Waals surface area contributed by atoms with Crippen LogP contribution in [0.25, 0.3) is 0 Å². The van der Waals surface area contributed by atoms with E-state index in [-0.39, 0.29) is 6.03 Å². The molecule has 1 aliphatic carbocycles. The van der Waals surface area contributed by atoms with Gasteiger partial charge in [0.15, 0.2) is 0 Å². The Morgan fingerprint density at radius 3 is 2.56 bits per heavy atom. The van der Waals surface area contributed by atoms with E-state index in [0.717, 1.165) is 25.3 Å². The zero-order valence-corrected chi connectivity index (χ0v) is 15.3. The smallest absolute Gasteiger partial charge is 0.317 e. The molecule has 2 aromatic rings. The van der Waals surface area contributed by atoms with Crippen LogP contribution in [0.3, 0.4) is 0 Å². The first kappa shape index (κ1) is 17.5. The monoisotopic (exact) mass is 368 g/mol. The molecule has 142 valence electrons. The minimum Gasteiger partial charge on any atom is -0.477 e. The summed E-state index contributed by atoms with van der Waals surface area (Å²) in [5, 5.41) is 2.96. The van der Waals surface area contributed by atoms with Crippen molar-refractivity contribution in [3.05, 3.63) is 42.4 Å². The topological polar surface area (TPSA) is 83.5 Å². The van der Waals surface area contributed by atoms with Gasteiger partial charge in [-0.1, -0.05) is 6.07 Å². The Labute approximate surface area is 158 Å². The number of nitrogens with zero attached hydrogens (tertiary/aromatic N) is 5. The lowest BCUT2D eigenvalue weighted by Gasteiger charge is -2.34. The summed E-state index contributed by atoms with van der Waals surface area (Å²) in [7, 11) is 0. The highest BCUT2D eigenvalue weighted by Crippen LogP contribution is 2.29. The van der Waals surface area contributed by atoms with Crippen molar-refractivity contribution in [1.82, 2.24) is 25.2 Å². The number of ether oxygens (including phenoxy) is 1. The van der Waals surface area contributed by atoms with Crippen LogP contribution in [0.4, 0.5) is 10.7 Å². The summed E-state index contributed by atoms with van der Waals surface area (Å²) >= 11 is 0. The number of piperazine rings is 1. The number of hydrogen-bond donors (Lipinski definition) is 1. The standard InChI is InChI=1S/C19H24N6O2/c26-19(25-10-8-24(9-11-25)18-20-6-1-7-21-18)23-13-16-4-5-17(22-12-16)27-14-15-2-3-15/h1,4-7,12,15H,2-3,8-11,13-14H2,(H,23,26). The second-order valence-corrected chi connectivity index (χ2v) is 6.94. The van der Waals surface area contributed by atoms with Gasteiger partial charge in [-0.25, -0.2) is 19.7 Å². The molecule has 2 aromatic heterocycles. The van der Waals surface area contributed by atoms with E-state index in [0.29, 0.717) is 37.4 Å². The second kappa shape index (κ2) is 8.20. The Bertz CT molecular complexity index is 743. The molecule has 1 N–H and O–H groups in total. The predicted molar refractivity (Wildman–Crippen MR) is 101 cm³/mol. The maximum atomic E-state index is 12.4. The Morgan fingerprint density at radius 2 is 1.89 bits per heavy atom.